The van der Waals surface area contributed by atoms with Crippen molar-refractivity contribution in [3.8, 4) is 0 Å². The lowest BCUT2D eigenvalue weighted by Crippen LogP contribution is -2.50. The van der Waals surface area contributed by atoms with Gasteiger partial charge in [-0.25, -0.2) is 0 Å². The first kappa shape index (κ1) is 19.7. The summed E-state index contributed by atoms with van der Waals surface area (Å²) >= 11 is 0. The zero-order valence-electron chi connectivity index (χ0n) is 15.7. The van der Waals surface area contributed by atoms with Crippen molar-refractivity contribution >= 4 is 11.9 Å². The van der Waals surface area contributed by atoms with Gasteiger partial charge >= 0.3 is 0 Å². The van der Waals surface area contributed by atoms with Gasteiger partial charge in [-0.1, -0.05) is 20.8 Å². The Hall–Kier alpha value is -1.30. The molecular weight excluding hydrogens is 290 g/mol. The standard InChI is InChI=1S/C17H35N5O/c1-13(2)22-11-7-14(8-12-22)21-16(18-6)20-10-9-19-15(23)17(3,4)5/h13-14H,7-12H2,1-6H3,(H,19,23)(H2,18,20,21). The summed E-state index contributed by atoms with van der Waals surface area (Å²) in [5, 5.41) is 9.68. The Kier molecular flexibility index (Phi) is 7.82. The van der Waals surface area contributed by atoms with Gasteiger partial charge in [0.05, 0.1) is 0 Å². The molecule has 6 nitrogen and oxygen atoms in total. The number of amides is 1. The highest BCUT2D eigenvalue weighted by atomic mass is 16.2. The molecule has 1 aliphatic rings. The molecule has 0 aromatic rings. The molecule has 0 bridgehead atoms. The molecule has 1 amide bonds. The van der Waals surface area contributed by atoms with E-state index in [1.807, 2.05) is 20.8 Å². The maximum absolute atomic E-state index is 11.8. The van der Waals surface area contributed by atoms with Crippen LogP contribution in [0.2, 0.25) is 0 Å². The zero-order valence-corrected chi connectivity index (χ0v) is 15.7. The number of carbonyl (C=O) groups is 1. The number of nitrogens with zero attached hydrogens (tertiary/aromatic N) is 2. The molecule has 0 radical (unpaired) electrons. The van der Waals surface area contributed by atoms with Crippen molar-refractivity contribution in [2.75, 3.05) is 33.2 Å². The van der Waals surface area contributed by atoms with Crippen molar-refractivity contribution < 1.29 is 4.79 Å². The van der Waals surface area contributed by atoms with E-state index in [0.29, 0.717) is 25.2 Å². The van der Waals surface area contributed by atoms with Crippen LogP contribution in [0.1, 0.15) is 47.5 Å². The number of hydrogen-bond acceptors (Lipinski definition) is 3. The third-order valence-corrected chi connectivity index (χ3v) is 4.21. The average Bonchev–Trinajstić information content (AvgIpc) is 2.49. The third kappa shape index (κ3) is 7.20. The summed E-state index contributed by atoms with van der Waals surface area (Å²) in [6.45, 7) is 13.8. The number of nitrogens with one attached hydrogen (secondary N) is 3. The molecule has 3 N–H and O–H groups in total. The van der Waals surface area contributed by atoms with Crippen LogP contribution in [0, 0.1) is 5.41 Å². The van der Waals surface area contributed by atoms with E-state index in [2.05, 4.69) is 39.7 Å². The van der Waals surface area contributed by atoms with Gasteiger partial charge in [0, 0.05) is 50.7 Å². The van der Waals surface area contributed by atoms with E-state index in [-0.39, 0.29) is 11.3 Å². The molecule has 1 saturated heterocycles. The molecule has 0 aliphatic carbocycles. The number of guanidine groups is 1. The quantitative estimate of drug-likeness (QED) is 0.403. The van der Waals surface area contributed by atoms with Crippen molar-refractivity contribution in [2.45, 2.75) is 59.5 Å². The first-order valence-corrected chi connectivity index (χ1v) is 8.73. The molecule has 1 heterocycles. The Morgan fingerprint density at radius 2 is 1.74 bits per heavy atom. The topological polar surface area (TPSA) is 68.8 Å². The molecule has 0 saturated carbocycles. The van der Waals surface area contributed by atoms with E-state index in [4.69, 9.17) is 0 Å². The fourth-order valence-corrected chi connectivity index (χ4v) is 2.57. The monoisotopic (exact) mass is 325 g/mol. The second kappa shape index (κ2) is 9.11. The molecule has 134 valence electrons. The summed E-state index contributed by atoms with van der Waals surface area (Å²) in [7, 11) is 1.78. The molecule has 1 rings (SSSR count). The highest BCUT2D eigenvalue weighted by Crippen LogP contribution is 2.13. The second-order valence-electron chi connectivity index (χ2n) is 7.55. The van der Waals surface area contributed by atoms with Crippen LogP contribution in [0.5, 0.6) is 0 Å². The number of rotatable bonds is 5. The first-order chi connectivity index (χ1) is 10.7. The van der Waals surface area contributed by atoms with Crippen molar-refractivity contribution in [1.29, 1.82) is 0 Å². The van der Waals surface area contributed by atoms with Crippen LogP contribution < -0.4 is 16.0 Å². The van der Waals surface area contributed by atoms with Gasteiger partial charge in [0.1, 0.15) is 0 Å². The average molecular weight is 326 g/mol. The molecule has 23 heavy (non-hydrogen) atoms. The molecule has 0 aromatic heterocycles. The zero-order chi connectivity index (χ0) is 17.5. The fraction of sp³-hybridized carbons (Fsp3) is 0.882. The SMILES string of the molecule is CN=C(NCCNC(=O)C(C)(C)C)NC1CCN(C(C)C)CC1. The Morgan fingerprint density at radius 3 is 2.22 bits per heavy atom. The summed E-state index contributed by atoms with van der Waals surface area (Å²) < 4.78 is 0. The first-order valence-electron chi connectivity index (χ1n) is 8.73. The molecular formula is C17H35N5O. The molecule has 6 heteroatoms. The lowest BCUT2D eigenvalue weighted by Gasteiger charge is -2.35. The maximum Gasteiger partial charge on any atom is 0.225 e. The Balaban J connectivity index is 2.24. The number of piperidine rings is 1. The van der Waals surface area contributed by atoms with Crippen molar-refractivity contribution in [3.63, 3.8) is 0 Å². The second-order valence-corrected chi connectivity index (χ2v) is 7.55. The van der Waals surface area contributed by atoms with Crippen LogP contribution in [0.3, 0.4) is 0 Å². The molecule has 0 atom stereocenters. The minimum Gasteiger partial charge on any atom is -0.355 e. The molecule has 0 spiro atoms. The van der Waals surface area contributed by atoms with Crippen LogP contribution >= 0.6 is 0 Å². The van der Waals surface area contributed by atoms with E-state index in [0.717, 1.165) is 31.9 Å². The lowest BCUT2D eigenvalue weighted by molar-refractivity contribution is -0.128. The van der Waals surface area contributed by atoms with Gasteiger partial charge in [-0.2, -0.15) is 0 Å². The van der Waals surface area contributed by atoms with E-state index < -0.39 is 0 Å². The Labute approximate surface area is 141 Å². The molecule has 0 aromatic carbocycles. The number of aliphatic imine (C=N–C) groups is 1. The van der Waals surface area contributed by atoms with Crippen molar-refractivity contribution in [1.82, 2.24) is 20.9 Å². The number of hydrogen-bond donors (Lipinski definition) is 3. The van der Waals surface area contributed by atoms with Gasteiger partial charge in [-0.15, -0.1) is 0 Å². The lowest BCUT2D eigenvalue weighted by atomic mass is 9.96. The van der Waals surface area contributed by atoms with Gasteiger partial charge in [-0.05, 0) is 26.7 Å². The number of carbonyl (C=O) groups excluding carboxylic acids is 1. The largest absolute Gasteiger partial charge is 0.355 e. The summed E-state index contributed by atoms with van der Waals surface area (Å²) in [6, 6.07) is 1.10. The number of likely N-dealkylation sites (tertiary alicyclic amines) is 1. The molecule has 1 fully saturated rings. The molecule has 1 aliphatic heterocycles. The summed E-state index contributed by atoms with van der Waals surface area (Å²) in [4.78, 5) is 18.6. The van der Waals surface area contributed by atoms with Gasteiger partial charge in [0.2, 0.25) is 5.91 Å². The van der Waals surface area contributed by atoms with Crippen LogP contribution in [0.25, 0.3) is 0 Å². The van der Waals surface area contributed by atoms with Gasteiger partial charge in [-0.3, -0.25) is 9.79 Å². The van der Waals surface area contributed by atoms with Crippen LogP contribution in [0.15, 0.2) is 4.99 Å². The predicted octanol–water partition coefficient (Wildman–Crippen LogP) is 1.19. The highest BCUT2D eigenvalue weighted by molar-refractivity contribution is 5.82. The van der Waals surface area contributed by atoms with E-state index in [1.54, 1.807) is 7.05 Å². The van der Waals surface area contributed by atoms with E-state index >= 15 is 0 Å². The van der Waals surface area contributed by atoms with Gasteiger partial charge in [0.15, 0.2) is 5.96 Å². The smallest absolute Gasteiger partial charge is 0.225 e. The van der Waals surface area contributed by atoms with Crippen LogP contribution in [0.4, 0.5) is 0 Å². The van der Waals surface area contributed by atoms with E-state index in [9.17, 15) is 4.79 Å². The normalized spacial score (nSPS) is 18.1. The van der Waals surface area contributed by atoms with E-state index in [1.165, 1.54) is 0 Å². The van der Waals surface area contributed by atoms with Crippen molar-refractivity contribution in [2.24, 2.45) is 10.4 Å². The summed E-state index contributed by atoms with van der Waals surface area (Å²) in [5.74, 6) is 0.890. The van der Waals surface area contributed by atoms with Crippen LogP contribution in [-0.2, 0) is 4.79 Å². The minimum atomic E-state index is -0.343. The van der Waals surface area contributed by atoms with Gasteiger partial charge < -0.3 is 20.9 Å². The highest BCUT2D eigenvalue weighted by Gasteiger charge is 2.22. The fourth-order valence-electron chi connectivity index (χ4n) is 2.57. The molecule has 0 unspecified atom stereocenters. The Morgan fingerprint density at radius 1 is 1.17 bits per heavy atom. The Bertz CT molecular complexity index is 392. The van der Waals surface area contributed by atoms with Crippen molar-refractivity contribution in [3.05, 3.63) is 0 Å². The van der Waals surface area contributed by atoms with Crippen LogP contribution in [-0.4, -0.2) is 62.1 Å². The predicted molar refractivity (Wildman–Crippen MR) is 96.7 cm³/mol. The summed E-state index contributed by atoms with van der Waals surface area (Å²) in [6.07, 6.45) is 2.28. The summed E-state index contributed by atoms with van der Waals surface area (Å²) in [5.41, 5.74) is -0.343. The van der Waals surface area contributed by atoms with Gasteiger partial charge in [0.25, 0.3) is 0 Å². The maximum atomic E-state index is 11.8. The third-order valence-electron chi connectivity index (χ3n) is 4.21. The minimum absolute atomic E-state index is 0.0725.